The number of benzene rings is 1. The lowest BCUT2D eigenvalue weighted by atomic mass is 10.1. The molecule has 0 spiro atoms. The summed E-state index contributed by atoms with van der Waals surface area (Å²) >= 11 is 15.8. The molecule has 0 aliphatic heterocycles. The molecule has 0 aliphatic rings. The average Bonchev–Trinajstić information content (AvgIpc) is 2.31. The van der Waals surface area contributed by atoms with Gasteiger partial charge in [0.15, 0.2) is 0 Å². The number of aromatic nitrogens is 2. The number of halogens is 3. The molecule has 1 aromatic carbocycles. The third-order valence-electron chi connectivity index (χ3n) is 2.47. The van der Waals surface area contributed by atoms with E-state index in [2.05, 4.69) is 32.8 Å². The fraction of sp³-hybridized carbons (Fsp3) is 0.231. The fourth-order valence-electron chi connectivity index (χ4n) is 1.64. The van der Waals surface area contributed by atoms with E-state index >= 15 is 0 Å². The second-order valence-electron chi connectivity index (χ2n) is 3.85. The third kappa shape index (κ3) is 3.02. The van der Waals surface area contributed by atoms with Gasteiger partial charge in [-0.2, -0.15) is 0 Å². The summed E-state index contributed by atoms with van der Waals surface area (Å²) < 4.78 is 1.00. The Kier molecular flexibility index (Phi) is 4.60. The van der Waals surface area contributed by atoms with Crippen molar-refractivity contribution in [3.05, 3.63) is 44.9 Å². The van der Waals surface area contributed by atoms with Crippen LogP contribution >= 0.6 is 39.1 Å². The Bertz CT molecular complexity index is 532. The highest BCUT2D eigenvalue weighted by molar-refractivity contribution is 9.10. The van der Waals surface area contributed by atoms with Crippen molar-refractivity contribution in [1.82, 2.24) is 9.97 Å². The maximum Gasteiger partial charge on any atom is 0.142 e. The van der Waals surface area contributed by atoms with Crippen LogP contribution in [-0.2, 0) is 6.42 Å². The first-order valence-electron chi connectivity index (χ1n) is 5.59. The molecule has 1 aromatic heterocycles. The fourth-order valence-corrected chi connectivity index (χ4v) is 2.54. The van der Waals surface area contributed by atoms with Crippen molar-refractivity contribution >= 4 is 39.1 Å². The Morgan fingerprint density at radius 2 is 1.61 bits per heavy atom. The smallest absolute Gasteiger partial charge is 0.142 e. The van der Waals surface area contributed by atoms with Gasteiger partial charge in [0.25, 0.3) is 0 Å². The largest absolute Gasteiger partial charge is 0.220 e. The first-order valence-corrected chi connectivity index (χ1v) is 7.14. The van der Waals surface area contributed by atoms with Crippen LogP contribution in [-0.4, -0.2) is 9.97 Å². The van der Waals surface area contributed by atoms with Gasteiger partial charge in [-0.05, 0) is 24.1 Å². The zero-order valence-electron chi connectivity index (χ0n) is 9.75. The summed E-state index contributed by atoms with van der Waals surface area (Å²) in [4.78, 5) is 8.56. The Hall–Kier alpha value is -0.640. The van der Waals surface area contributed by atoms with Gasteiger partial charge in [0.1, 0.15) is 16.1 Å². The second-order valence-corrected chi connectivity index (χ2v) is 5.49. The lowest BCUT2D eigenvalue weighted by molar-refractivity contribution is 0.835. The number of hydrogen-bond acceptors (Lipinski definition) is 2. The number of aryl methyl sites for hydroxylation is 1. The van der Waals surface area contributed by atoms with Gasteiger partial charge >= 0.3 is 0 Å². The second kappa shape index (κ2) is 6.00. The van der Waals surface area contributed by atoms with Gasteiger partial charge in [0, 0.05) is 10.9 Å². The topological polar surface area (TPSA) is 25.8 Å². The maximum atomic E-state index is 6.20. The lowest BCUT2D eigenvalue weighted by Gasteiger charge is -2.08. The first kappa shape index (κ1) is 13.8. The molecule has 2 aromatic rings. The van der Waals surface area contributed by atoms with Gasteiger partial charge in [0.2, 0.25) is 0 Å². The summed E-state index contributed by atoms with van der Waals surface area (Å²) in [5.41, 5.74) is 1.60. The molecule has 1 heterocycles. The molecule has 2 rings (SSSR count). The van der Waals surface area contributed by atoms with E-state index in [0.717, 1.165) is 22.9 Å². The number of nitrogens with zero attached hydrogens (tertiary/aromatic N) is 2. The van der Waals surface area contributed by atoms with E-state index in [0.29, 0.717) is 21.7 Å². The Labute approximate surface area is 124 Å². The maximum absolute atomic E-state index is 6.20. The van der Waals surface area contributed by atoms with Crippen LogP contribution in [0.2, 0.25) is 10.3 Å². The average molecular weight is 346 g/mol. The molecular weight excluding hydrogens is 335 g/mol. The van der Waals surface area contributed by atoms with E-state index in [1.54, 1.807) is 0 Å². The monoisotopic (exact) mass is 344 g/mol. The summed E-state index contributed by atoms with van der Waals surface area (Å²) in [6.45, 7) is 2.06. The van der Waals surface area contributed by atoms with E-state index in [-0.39, 0.29) is 0 Å². The van der Waals surface area contributed by atoms with Gasteiger partial charge in [-0.1, -0.05) is 58.2 Å². The molecule has 0 radical (unpaired) electrons. The number of rotatable bonds is 3. The Morgan fingerprint density at radius 1 is 1.06 bits per heavy atom. The quantitative estimate of drug-likeness (QED) is 0.717. The van der Waals surface area contributed by atoms with E-state index in [1.807, 2.05) is 24.3 Å². The molecule has 0 unspecified atom stereocenters. The highest BCUT2D eigenvalue weighted by Crippen LogP contribution is 2.33. The molecule has 0 fully saturated rings. The standard InChI is InChI=1S/C13H11BrCl2N2/c1-2-3-10-17-12(15)11(13(16)18-10)8-4-6-9(14)7-5-8/h4-7H,2-3H2,1H3. The predicted molar refractivity (Wildman–Crippen MR) is 79.2 cm³/mol. The van der Waals surface area contributed by atoms with Gasteiger partial charge in [0.05, 0.1) is 5.56 Å². The molecule has 94 valence electrons. The van der Waals surface area contributed by atoms with Gasteiger partial charge in [-0.25, -0.2) is 9.97 Å². The van der Waals surface area contributed by atoms with E-state index in [9.17, 15) is 0 Å². The van der Waals surface area contributed by atoms with Crippen molar-refractivity contribution in [2.24, 2.45) is 0 Å². The Balaban J connectivity index is 2.48. The van der Waals surface area contributed by atoms with Gasteiger partial charge < -0.3 is 0 Å². The highest BCUT2D eigenvalue weighted by atomic mass is 79.9. The van der Waals surface area contributed by atoms with Crippen LogP contribution in [0.1, 0.15) is 19.2 Å². The molecule has 0 saturated heterocycles. The third-order valence-corrected chi connectivity index (χ3v) is 3.55. The SMILES string of the molecule is CCCc1nc(Cl)c(-c2ccc(Br)cc2)c(Cl)n1. The van der Waals surface area contributed by atoms with Crippen molar-refractivity contribution in [2.75, 3.05) is 0 Å². The van der Waals surface area contributed by atoms with Crippen molar-refractivity contribution in [3.63, 3.8) is 0 Å². The Morgan fingerprint density at radius 3 is 2.11 bits per heavy atom. The van der Waals surface area contributed by atoms with Crippen molar-refractivity contribution in [2.45, 2.75) is 19.8 Å². The summed E-state index contributed by atoms with van der Waals surface area (Å²) in [5, 5.41) is 0.807. The van der Waals surface area contributed by atoms with Crippen LogP contribution in [0, 0.1) is 0 Å². The van der Waals surface area contributed by atoms with Crippen molar-refractivity contribution < 1.29 is 0 Å². The van der Waals surface area contributed by atoms with Crippen molar-refractivity contribution in [1.29, 1.82) is 0 Å². The van der Waals surface area contributed by atoms with Crippen LogP contribution in [0.4, 0.5) is 0 Å². The van der Waals surface area contributed by atoms with Crippen LogP contribution in [0.5, 0.6) is 0 Å². The van der Waals surface area contributed by atoms with Crippen LogP contribution in [0.25, 0.3) is 11.1 Å². The predicted octanol–water partition coefficient (Wildman–Crippen LogP) is 5.17. The highest BCUT2D eigenvalue weighted by Gasteiger charge is 2.13. The van der Waals surface area contributed by atoms with E-state index < -0.39 is 0 Å². The molecular formula is C13H11BrCl2N2. The van der Waals surface area contributed by atoms with Crippen molar-refractivity contribution in [3.8, 4) is 11.1 Å². The lowest BCUT2D eigenvalue weighted by Crippen LogP contribution is -1.98. The summed E-state index contributed by atoms with van der Waals surface area (Å²) in [6.07, 6.45) is 1.74. The van der Waals surface area contributed by atoms with Gasteiger partial charge in [-0.3, -0.25) is 0 Å². The minimum absolute atomic E-state index is 0.403. The first-order chi connectivity index (χ1) is 8.61. The summed E-state index contributed by atoms with van der Waals surface area (Å²) in [6, 6.07) is 7.73. The zero-order valence-corrected chi connectivity index (χ0v) is 12.8. The van der Waals surface area contributed by atoms with Crippen LogP contribution in [0.15, 0.2) is 28.7 Å². The molecule has 0 N–H and O–H groups in total. The summed E-state index contributed by atoms with van der Waals surface area (Å²) in [7, 11) is 0. The normalized spacial score (nSPS) is 10.7. The number of hydrogen-bond donors (Lipinski definition) is 0. The van der Waals surface area contributed by atoms with E-state index in [4.69, 9.17) is 23.2 Å². The molecule has 18 heavy (non-hydrogen) atoms. The molecule has 0 bridgehead atoms. The van der Waals surface area contributed by atoms with Gasteiger partial charge in [-0.15, -0.1) is 0 Å². The molecule has 2 nitrogen and oxygen atoms in total. The molecule has 5 heteroatoms. The molecule has 0 atom stereocenters. The van der Waals surface area contributed by atoms with Crippen LogP contribution < -0.4 is 0 Å². The summed E-state index contributed by atoms with van der Waals surface area (Å²) in [5.74, 6) is 0.688. The molecule has 0 aliphatic carbocycles. The molecule has 0 amide bonds. The van der Waals surface area contributed by atoms with Crippen LogP contribution in [0.3, 0.4) is 0 Å². The van der Waals surface area contributed by atoms with E-state index in [1.165, 1.54) is 0 Å². The minimum Gasteiger partial charge on any atom is -0.220 e. The minimum atomic E-state index is 0.403. The molecule has 0 saturated carbocycles. The zero-order chi connectivity index (χ0) is 13.1.